The molecule has 0 bridgehead atoms. The predicted octanol–water partition coefficient (Wildman–Crippen LogP) is 3.36. The molecule has 2 aromatic heterocycles. The fourth-order valence-corrected chi connectivity index (χ4v) is 2.62. The van der Waals surface area contributed by atoms with Crippen molar-refractivity contribution in [2.75, 3.05) is 0 Å². The molecule has 6 heteroatoms. The lowest BCUT2D eigenvalue weighted by Crippen LogP contribution is -2.00. The number of halogens is 1. The van der Waals surface area contributed by atoms with E-state index in [2.05, 4.69) is 16.3 Å². The summed E-state index contributed by atoms with van der Waals surface area (Å²) in [5.74, 6) is -0.472. The number of fused-ring (bicyclic) bond motifs is 1. The molecule has 3 rings (SSSR count). The van der Waals surface area contributed by atoms with Gasteiger partial charge in [-0.15, -0.1) is 10.2 Å². The summed E-state index contributed by atoms with van der Waals surface area (Å²) in [5, 5.41) is 17.6. The average Bonchev–Trinajstić information content (AvgIpc) is 2.81. The van der Waals surface area contributed by atoms with Crippen LogP contribution in [0.5, 0.6) is 0 Å². The molecule has 0 atom stereocenters. The number of aromatic carboxylic acids is 1. The second kappa shape index (κ2) is 4.86. The van der Waals surface area contributed by atoms with Crippen LogP contribution in [0.4, 0.5) is 0 Å². The van der Waals surface area contributed by atoms with Gasteiger partial charge in [-0.2, -0.15) is 0 Å². The first-order valence-corrected chi connectivity index (χ1v) is 6.70. The zero-order chi connectivity index (χ0) is 15.1. The standard InChI is InChI=1S/C15H12ClN3O2/c1-8-3-9(2)5-10(4-8)13-17-18-14-12(16)6-11(15(20)21)7-19(13)14/h3-7H,1-2H3,(H,20,21). The third-order valence-electron chi connectivity index (χ3n) is 3.19. The second-order valence-electron chi connectivity index (χ2n) is 4.98. The summed E-state index contributed by atoms with van der Waals surface area (Å²) in [6.07, 6.45) is 1.48. The van der Waals surface area contributed by atoms with Crippen LogP contribution in [0, 0.1) is 13.8 Å². The van der Waals surface area contributed by atoms with Crippen molar-refractivity contribution in [3.8, 4) is 11.4 Å². The Morgan fingerprint density at radius 1 is 1.14 bits per heavy atom. The Kier molecular flexibility index (Phi) is 3.14. The third-order valence-corrected chi connectivity index (χ3v) is 3.46. The highest BCUT2D eigenvalue weighted by molar-refractivity contribution is 6.33. The first-order valence-electron chi connectivity index (χ1n) is 6.32. The summed E-state index contributed by atoms with van der Waals surface area (Å²) in [6, 6.07) is 7.39. The van der Waals surface area contributed by atoms with Gasteiger partial charge in [-0.05, 0) is 32.0 Å². The maximum Gasteiger partial charge on any atom is 0.337 e. The molecule has 0 saturated carbocycles. The number of hydrogen-bond donors (Lipinski definition) is 1. The van der Waals surface area contributed by atoms with Crippen molar-refractivity contribution in [2.24, 2.45) is 0 Å². The molecule has 0 fully saturated rings. The van der Waals surface area contributed by atoms with Crippen LogP contribution in [0.3, 0.4) is 0 Å². The van der Waals surface area contributed by atoms with E-state index in [1.54, 1.807) is 4.40 Å². The number of carboxylic acid groups (broad SMARTS) is 1. The van der Waals surface area contributed by atoms with Gasteiger partial charge in [0.2, 0.25) is 0 Å². The minimum Gasteiger partial charge on any atom is -0.478 e. The van der Waals surface area contributed by atoms with E-state index in [-0.39, 0.29) is 10.6 Å². The normalized spacial score (nSPS) is 11.0. The van der Waals surface area contributed by atoms with Gasteiger partial charge >= 0.3 is 5.97 Å². The summed E-state index contributed by atoms with van der Waals surface area (Å²) in [6.45, 7) is 3.99. The number of carboxylic acids is 1. The molecule has 0 amide bonds. The van der Waals surface area contributed by atoms with Crippen molar-refractivity contribution in [3.63, 3.8) is 0 Å². The van der Waals surface area contributed by atoms with Gasteiger partial charge in [-0.25, -0.2) is 4.79 Å². The fourth-order valence-electron chi connectivity index (χ4n) is 2.37. The van der Waals surface area contributed by atoms with Crippen molar-refractivity contribution in [1.82, 2.24) is 14.6 Å². The van der Waals surface area contributed by atoms with Crippen LogP contribution < -0.4 is 0 Å². The number of benzene rings is 1. The number of hydrogen-bond acceptors (Lipinski definition) is 3. The average molecular weight is 302 g/mol. The van der Waals surface area contributed by atoms with E-state index in [0.29, 0.717) is 11.5 Å². The lowest BCUT2D eigenvalue weighted by Gasteiger charge is -2.05. The minimum atomic E-state index is -1.04. The Bertz CT molecular complexity index is 850. The summed E-state index contributed by atoms with van der Waals surface area (Å²) < 4.78 is 1.61. The molecule has 0 aliphatic heterocycles. The Hall–Kier alpha value is -2.40. The first kappa shape index (κ1) is 13.6. The molecule has 2 heterocycles. The van der Waals surface area contributed by atoms with E-state index >= 15 is 0 Å². The van der Waals surface area contributed by atoms with Crippen LogP contribution in [-0.4, -0.2) is 25.7 Å². The quantitative estimate of drug-likeness (QED) is 0.788. The molecule has 0 unspecified atom stereocenters. The predicted molar refractivity (Wildman–Crippen MR) is 79.9 cm³/mol. The molecule has 1 N–H and O–H groups in total. The van der Waals surface area contributed by atoms with Crippen LogP contribution in [0.2, 0.25) is 5.02 Å². The molecule has 21 heavy (non-hydrogen) atoms. The number of carbonyl (C=O) groups is 1. The van der Waals surface area contributed by atoms with Crippen molar-refractivity contribution < 1.29 is 9.90 Å². The maximum atomic E-state index is 11.2. The maximum absolute atomic E-state index is 11.2. The van der Waals surface area contributed by atoms with Crippen LogP contribution in [0.1, 0.15) is 21.5 Å². The van der Waals surface area contributed by atoms with E-state index in [1.165, 1.54) is 12.3 Å². The molecule has 0 aliphatic rings. The minimum absolute atomic E-state index is 0.0953. The summed E-state index contributed by atoms with van der Waals surface area (Å²) in [7, 11) is 0. The van der Waals surface area contributed by atoms with E-state index in [4.69, 9.17) is 16.7 Å². The lowest BCUT2D eigenvalue weighted by molar-refractivity contribution is 0.0696. The van der Waals surface area contributed by atoms with E-state index in [9.17, 15) is 4.79 Å². The molecule has 106 valence electrons. The van der Waals surface area contributed by atoms with Crippen LogP contribution in [0.15, 0.2) is 30.5 Å². The summed E-state index contributed by atoms with van der Waals surface area (Å²) in [5.41, 5.74) is 3.61. The van der Waals surface area contributed by atoms with Gasteiger partial charge in [0.05, 0.1) is 10.6 Å². The Balaban J connectivity index is 2.30. The van der Waals surface area contributed by atoms with E-state index < -0.39 is 5.97 Å². The van der Waals surface area contributed by atoms with Gasteiger partial charge in [0.25, 0.3) is 0 Å². The molecule has 0 aliphatic carbocycles. The second-order valence-corrected chi connectivity index (χ2v) is 5.38. The monoisotopic (exact) mass is 301 g/mol. The van der Waals surface area contributed by atoms with Crippen LogP contribution >= 0.6 is 11.6 Å². The molecule has 3 aromatic rings. The van der Waals surface area contributed by atoms with Crippen LogP contribution in [0.25, 0.3) is 17.0 Å². The number of pyridine rings is 1. The summed E-state index contributed by atoms with van der Waals surface area (Å²) in [4.78, 5) is 11.2. The largest absolute Gasteiger partial charge is 0.478 e. The Morgan fingerprint density at radius 3 is 2.43 bits per heavy atom. The highest BCUT2D eigenvalue weighted by atomic mass is 35.5. The summed E-state index contributed by atoms with van der Waals surface area (Å²) >= 11 is 6.08. The van der Waals surface area contributed by atoms with Crippen LogP contribution in [-0.2, 0) is 0 Å². The van der Waals surface area contributed by atoms with Gasteiger partial charge in [-0.3, -0.25) is 4.40 Å². The van der Waals surface area contributed by atoms with Crippen molar-refractivity contribution >= 4 is 23.2 Å². The topological polar surface area (TPSA) is 67.5 Å². The number of aromatic nitrogens is 3. The Labute approximate surface area is 125 Å². The van der Waals surface area contributed by atoms with E-state index in [1.807, 2.05) is 26.0 Å². The van der Waals surface area contributed by atoms with Crippen molar-refractivity contribution in [2.45, 2.75) is 13.8 Å². The molecular weight excluding hydrogens is 290 g/mol. The SMILES string of the molecule is Cc1cc(C)cc(-c2nnc3c(Cl)cc(C(=O)O)cn23)c1. The fraction of sp³-hybridized carbons (Fsp3) is 0.133. The van der Waals surface area contributed by atoms with Gasteiger partial charge in [-0.1, -0.05) is 28.8 Å². The smallest absolute Gasteiger partial charge is 0.337 e. The molecule has 0 saturated heterocycles. The highest BCUT2D eigenvalue weighted by Gasteiger charge is 2.15. The number of nitrogens with zero attached hydrogens (tertiary/aromatic N) is 3. The number of rotatable bonds is 2. The van der Waals surface area contributed by atoms with Gasteiger partial charge in [0.1, 0.15) is 0 Å². The molecule has 1 aromatic carbocycles. The zero-order valence-corrected chi connectivity index (χ0v) is 12.2. The van der Waals surface area contributed by atoms with E-state index in [0.717, 1.165) is 16.7 Å². The number of aryl methyl sites for hydroxylation is 2. The van der Waals surface area contributed by atoms with Gasteiger partial charge in [0, 0.05) is 11.8 Å². The Morgan fingerprint density at radius 2 is 1.81 bits per heavy atom. The van der Waals surface area contributed by atoms with Gasteiger partial charge in [0.15, 0.2) is 11.5 Å². The third kappa shape index (κ3) is 2.36. The molecule has 0 spiro atoms. The van der Waals surface area contributed by atoms with Gasteiger partial charge < -0.3 is 5.11 Å². The zero-order valence-electron chi connectivity index (χ0n) is 11.5. The highest BCUT2D eigenvalue weighted by Crippen LogP contribution is 2.25. The molecule has 5 nitrogen and oxygen atoms in total. The first-order chi connectivity index (χ1) is 9.95. The molecule has 0 radical (unpaired) electrons. The van der Waals surface area contributed by atoms with Crippen molar-refractivity contribution in [3.05, 3.63) is 52.2 Å². The van der Waals surface area contributed by atoms with Crippen molar-refractivity contribution in [1.29, 1.82) is 0 Å². The molecular formula is C15H12ClN3O2. The lowest BCUT2D eigenvalue weighted by atomic mass is 10.1.